The third-order valence-corrected chi connectivity index (χ3v) is 4.30. The maximum Gasteiger partial charge on any atom is 0.120 e. The van der Waals surface area contributed by atoms with Crippen LogP contribution in [0.15, 0.2) is 84.9 Å². The standard InChI is InChI=1S/C23H23NO/c25-17-9-15-22-14-7-8-16-23(22)24(18-20-10-3-1-4-11-20)19-21-12-5-2-6-13-21/h1-8,10-14,16-17H,9,15,18-19H2. The first kappa shape index (κ1) is 17.0. The van der Waals surface area contributed by atoms with Crippen molar-refractivity contribution >= 4 is 12.0 Å². The predicted molar refractivity (Wildman–Crippen MR) is 104 cm³/mol. The minimum atomic E-state index is 0.557. The summed E-state index contributed by atoms with van der Waals surface area (Å²) in [5, 5.41) is 0. The second kappa shape index (κ2) is 8.84. The molecule has 2 heteroatoms. The minimum Gasteiger partial charge on any atom is -0.363 e. The summed E-state index contributed by atoms with van der Waals surface area (Å²) in [6, 6.07) is 29.4. The van der Waals surface area contributed by atoms with Crippen LogP contribution >= 0.6 is 0 Å². The number of nitrogens with zero attached hydrogens (tertiary/aromatic N) is 1. The first-order valence-corrected chi connectivity index (χ1v) is 8.71. The molecule has 3 rings (SSSR count). The molecule has 0 aromatic heterocycles. The molecule has 0 bridgehead atoms. The van der Waals surface area contributed by atoms with Crippen LogP contribution in [0.25, 0.3) is 0 Å². The zero-order chi connectivity index (χ0) is 17.3. The van der Waals surface area contributed by atoms with Crippen LogP contribution in [0.3, 0.4) is 0 Å². The van der Waals surface area contributed by atoms with E-state index in [1.165, 1.54) is 22.4 Å². The minimum absolute atomic E-state index is 0.557. The molecule has 0 aliphatic carbocycles. The lowest BCUT2D eigenvalue weighted by Gasteiger charge is -2.27. The van der Waals surface area contributed by atoms with E-state index in [1.54, 1.807) is 0 Å². The van der Waals surface area contributed by atoms with E-state index in [0.717, 1.165) is 25.8 Å². The van der Waals surface area contributed by atoms with Crippen LogP contribution in [0.1, 0.15) is 23.1 Å². The number of rotatable bonds is 8. The molecule has 0 saturated carbocycles. The molecule has 3 aromatic carbocycles. The Morgan fingerprint density at radius 2 is 1.20 bits per heavy atom. The Balaban J connectivity index is 1.91. The summed E-state index contributed by atoms with van der Waals surface area (Å²) >= 11 is 0. The Labute approximate surface area is 149 Å². The van der Waals surface area contributed by atoms with Gasteiger partial charge in [0.2, 0.25) is 0 Å². The van der Waals surface area contributed by atoms with Gasteiger partial charge in [0.05, 0.1) is 0 Å². The van der Waals surface area contributed by atoms with Crippen LogP contribution < -0.4 is 4.90 Å². The Kier molecular flexibility index (Phi) is 6.00. The lowest BCUT2D eigenvalue weighted by molar-refractivity contribution is -0.107. The van der Waals surface area contributed by atoms with E-state index in [4.69, 9.17) is 0 Å². The molecule has 0 N–H and O–H groups in total. The van der Waals surface area contributed by atoms with Gasteiger partial charge in [0, 0.05) is 25.2 Å². The zero-order valence-electron chi connectivity index (χ0n) is 14.3. The van der Waals surface area contributed by atoms with E-state index in [1.807, 2.05) is 18.2 Å². The molecule has 0 atom stereocenters. The van der Waals surface area contributed by atoms with Gasteiger partial charge in [0.15, 0.2) is 0 Å². The Morgan fingerprint density at radius 3 is 1.76 bits per heavy atom. The van der Waals surface area contributed by atoms with Gasteiger partial charge in [-0.2, -0.15) is 0 Å². The molecular formula is C23H23NO. The molecule has 0 amide bonds. The molecule has 0 heterocycles. The fourth-order valence-corrected chi connectivity index (χ4v) is 3.08. The molecule has 0 radical (unpaired) electrons. The summed E-state index contributed by atoms with van der Waals surface area (Å²) in [6.07, 6.45) is 2.33. The van der Waals surface area contributed by atoms with Gasteiger partial charge in [-0.05, 0) is 29.2 Å². The first-order valence-electron chi connectivity index (χ1n) is 8.71. The quantitative estimate of drug-likeness (QED) is 0.541. The van der Waals surface area contributed by atoms with Crippen molar-refractivity contribution in [2.24, 2.45) is 0 Å². The van der Waals surface area contributed by atoms with E-state index in [2.05, 4.69) is 71.6 Å². The molecule has 0 aliphatic heterocycles. The van der Waals surface area contributed by atoms with Gasteiger partial charge in [0.25, 0.3) is 0 Å². The van der Waals surface area contributed by atoms with E-state index in [0.29, 0.717) is 6.42 Å². The van der Waals surface area contributed by atoms with Crippen molar-refractivity contribution in [1.29, 1.82) is 0 Å². The van der Waals surface area contributed by atoms with E-state index < -0.39 is 0 Å². The van der Waals surface area contributed by atoms with Gasteiger partial charge in [-0.3, -0.25) is 0 Å². The summed E-state index contributed by atoms with van der Waals surface area (Å²) in [4.78, 5) is 13.2. The molecular weight excluding hydrogens is 306 g/mol. The SMILES string of the molecule is O=CCCc1ccccc1N(Cc1ccccc1)Cc1ccccc1. The number of hydrogen-bond donors (Lipinski definition) is 0. The van der Waals surface area contributed by atoms with Crippen molar-refractivity contribution in [3.8, 4) is 0 Å². The lowest BCUT2D eigenvalue weighted by atomic mass is 10.1. The predicted octanol–water partition coefficient (Wildman–Crippen LogP) is 5.02. The molecule has 2 nitrogen and oxygen atoms in total. The normalized spacial score (nSPS) is 10.4. The zero-order valence-corrected chi connectivity index (χ0v) is 14.3. The van der Waals surface area contributed by atoms with Crippen LogP contribution in [0.4, 0.5) is 5.69 Å². The van der Waals surface area contributed by atoms with E-state index in [-0.39, 0.29) is 0 Å². The van der Waals surface area contributed by atoms with Gasteiger partial charge < -0.3 is 9.69 Å². The third-order valence-electron chi connectivity index (χ3n) is 4.30. The number of carbonyl (C=O) groups is 1. The molecule has 0 spiro atoms. The van der Waals surface area contributed by atoms with Crippen molar-refractivity contribution in [2.75, 3.05) is 4.90 Å². The fraction of sp³-hybridized carbons (Fsp3) is 0.174. The molecule has 0 saturated heterocycles. The lowest BCUT2D eigenvalue weighted by Crippen LogP contribution is -2.23. The summed E-state index contributed by atoms with van der Waals surface area (Å²) in [7, 11) is 0. The summed E-state index contributed by atoms with van der Waals surface area (Å²) < 4.78 is 0. The van der Waals surface area contributed by atoms with Crippen LogP contribution in [-0.4, -0.2) is 6.29 Å². The molecule has 0 aliphatic rings. The van der Waals surface area contributed by atoms with E-state index >= 15 is 0 Å². The molecule has 3 aromatic rings. The summed E-state index contributed by atoms with van der Waals surface area (Å²) in [5.41, 5.74) is 4.99. The maximum absolute atomic E-state index is 10.8. The topological polar surface area (TPSA) is 20.3 Å². The van der Waals surface area contributed by atoms with Crippen molar-refractivity contribution in [3.63, 3.8) is 0 Å². The van der Waals surface area contributed by atoms with Crippen molar-refractivity contribution in [1.82, 2.24) is 0 Å². The number of hydrogen-bond acceptors (Lipinski definition) is 2. The number of benzene rings is 3. The van der Waals surface area contributed by atoms with Crippen LogP contribution in [0.5, 0.6) is 0 Å². The maximum atomic E-state index is 10.8. The smallest absolute Gasteiger partial charge is 0.120 e. The average Bonchev–Trinajstić information content (AvgIpc) is 2.68. The van der Waals surface area contributed by atoms with Crippen LogP contribution in [0, 0.1) is 0 Å². The molecule has 126 valence electrons. The van der Waals surface area contributed by atoms with Crippen molar-refractivity contribution in [2.45, 2.75) is 25.9 Å². The summed E-state index contributed by atoms with van der Waals surface area (Å²) in [5.74, 6) is 0. The van der Waals surface area contributed by atoms with Gasteiger partial charge in [-0.1, -0.05) is 78.9 Å². The van der Waals surface area contributed by atoms with Crippen LogP contribution in [-0.2, 0) is 24.3 Å². The van der Waals surface area contributed by atoms with Crippen molar-refractivity contribution < 1.29 is 4.79 Å². The Hall–Kier alpha value is -2.87. The second-order valence-electron chi connectivity index (χ2n) is 6.16. The highest BCUT2D eigenvalue weighted by Gasteiger charge is 2.12. The first-order chi connectivity index (χ1) is 12.4. The number of aryl methyl sites for hydroxylation is 1. The highest BCUT2D eigenvalue weighted by atomic mass is 16.1. The average molecular weight is 329 g/mol. The highest BCUT2D eigenvalue weighted by Crippen LogP contribution is 2.25. The molecule has 0 unspecified atom stereocenters. The highest BCUT2D eigenvalue weighted by molar-refractivity contribution is 5.57. The van der Waals surface area contributed by atoms with Crippen LogP contribution in [0.2, 0.25) is 0 Å². The number of aldehydes is 1. The van der Waals surface area contributed by atoms with Gasteiger partial charge in [-0.15, -0.1) is 0 Å². The van der Waals surface area contributed by atoms with Gasteiger partial charge in [0.1, 0.15) is 6.29 Å². The second-order valence-corrected chi connectivity index (χ2v) is 6.16. The molecule has 0 fully saturated rings. The Morgan fingerprint density at radius 1 is 0.680 bits per heavy atom. The largest absolute Gasteiger partial charge is 0.363 e. The Bertz CT molecular complexity index is 742. The van der Waals surface area contributed by atoms with Gasteiger partial charge >= 0.3 is 0 Å². The van der Waals surface area contributed by atoms with Gasteiger partial charge in [-0.25, -0.2) is 0 Å². The van der Waals surface area contributed by atoms with Crippen molar-refractivity contribution in [3.05, 3.63) is 102 Å². The third kappa shape index (κ3) is 4.80. The number of para-hydroxylation sites is 1. The number of anilines is 1. The molecule has 25 heavy (non-hydrogen) atoms. The van der Waals surface area contributed by atoms with E-state index in [9.17, 15) is 4.79 Å². The fourth-order valence-electron chi connectivity index (χ4n) is 3.08. The monoisotopic (exact) mass is 329 g/mol. The summed E-state index contributed by atoms with van der Waals surface area (Å²) in [6.45, 7) is 1.68. The number of carbonyl (C=O) groups excluding carboxylic acids is 1.